The van der Waals surface area contributed by atoms with E-state index in [-0.39, 0.29) is 10.8 Å². The summed E-state index contributed by atoms with van der Waals surface area (Å²) in [6, 6.07) is 5.34. The van der Waals surface area contributed by atoms with Crippen molar-refractivity contribution in [3.8, 4) is 11.8 Å². The van der Waals surface area contributed by atoms with Crippen LogP contribution in [0.2, 0.25) is 0 Å². The first-order valence-electron chi connectivity index (χ1n) is 6.17. The molecule has 2 rings (SSSR count). The summed E-state index contributed by atoms with van der Waals surface area (Å²) < 4.78 is 27.4. The predicted molar refractivity (Wildman–Crippen MR) is 84.8 cm³/mol. The molecule has 1 heterocycles. The second kappa shape index (κ2) is 6.26. The number of benzene rings is 1. The van der Waals surface area contributed by atoms with Crippen LogP contribution in [0.3, 0.4) is 0 Å². The Morgan fingerprint density at radius 3 is 2.76 bits per heavy atom. The Hall–Kier alpha value is -1.88. The van der Waals surface area contributed by atoms with Gasteiger partial charge in [0.05, 0.1) is 23.4 Å². The minimum Gasteiger partial charge on any atom is -0.320 e. The molecular weight excluding hydrogens is 306 g/mol. The number of nitrogens with zero attached hydrogens (tertiary/aromatic N) is 1. The average molecular weight is 321 g/mol. The second-order valence-corrected chi connectivity index (χ2v) is 7.48. The summed E-state index contributed by atoms with van der Waals surface area (Å²) in [7, 11) is -3.62. The van der Waals surface area contributed by atoms with Gasteiger partial charge in [0.1, 0.15) is 0 Å². The molecule has 0 saturated carbocycles. The lowest BCUT2D eigenvalue weighted by Crippen LogP contribution is -2.12. The van der Waals surface area contributed by atoms with E-state index in [1.54, 1.807) is 13.0 Å². The maximum atomic E-state index is 12.3. The number of sulfonamides is 1. The summed E-state index contributed by atoms with van der Waals surface area (Å²) in [5.74, 6) is 5.62. The second-order valence-electron chi connectivity index (χ2n) is 4.34. The molecule has 0 atom stereocenters. The number of aryl methyl sites for hydroxylation is 2. The van der Waals surface area contributed by atoms with Crippen molar-refractivity contribution >= 4 is 27.0 Å². The van der Waals surface area contributed by atoms with Crippen LogP contribution in [0.25, 0.3) is 0 Å². The average Bonchev–Trinajstić information content (AvgIpc) is 2.87. The summed E-state index contributed by atoms with van der Waals surface area (Å²) in [6.07, 6.45) is 1.36. The van der Waals surface area contributed by atoms with Crippen molar-refractivity contribution in [2.45, 2.75) is 18.1 Å². The molecule has 21 heavy (non-hydrogen) atoms. The lowest BCUT2D eigenvalue weighted by molar-refractivity contribution is 0.603. The van der Waals surface area contributed by atoms with Crippen molar-refractivity contribution in [1.82, 2.24) is 4.98 Å². The molecule has 3 N–H and O–H groups in total. The van der Waals surface area contributed by atoms with Gasteiger partial charge in [-0.1, -0.05) is 17.9 Å². The predicted octanol–water partition coefficient (Wildman–Crippen LogP) is 1.87. The molecule has 0 aliphatic heterocycles. The molecule has 1 aromatic carbocycles. The van der Waals surface area contributed by atoms with E-state index in [1.807, 2.05) is 19.1 Å². The van der Waals surface area contributed by atoms with Gasteiger partial charge in [-0.15, -0.1) is 11.3 Å². The van der Waals surface area contributed by atoms with E-state index in [2.05, 4.69) is 21.5 Å². The molecule has 0 saturated heterocycles. The highest BCUT2D eigenvalue weighted by Crippen LogP contribution is 2.24. The van der Waals surface area contributed by atoms with Crippen molar-refractivity contribution in [2.24, 2.45) is 5.73 Å². The van der Waals surface area contributed by atoms with Crippen LogP contribution in [0.4, 0.5) is 5.69 Å². The third kappa shape index (κ3) is 3.82. The topological polar surface area (TPSA) is 85.1 Å². The SMILES string of the molecule is Cc1ncc(S(=O)(=O)Nc2cc(C#CCN)ccc2C)s1. The smallest absolute Gasteiger partial charge is 0.273 e. The van der Waals surface area contributed by atoms with E-state index in [0.29, 0.717) is 16.3 Å². The highest BCUT2D eigenvalue weighted by atomic mass is 32.2. The van der Waals surface area contributed by atoms with E-state index in [0.717, 1.165) is 16.9 Å². The summed E-state index contributed by atoms with van der Waals surface area (Å²) in [5.41, 5.74) is 7.37. The Labute approximate surface area is 128 Å². The number of nitrogens with two attached hydrogens (primary N) is 1. The number of hydrogen-bond donors (Lipinski definition) is 2. The lowest BCUT2D eigenvalue weighted by atomic mass is 10.1. The molecule has 0 unspecified atom stereocenters. The maximum Gasteiger partial charge on any atom is 0.273 e. The molecule has 0 spiro atoms. The van der Waals surface area contributed by atoms with Crippen LogP contribution in [0.5, 0.6) is 0 Å². The maximum absolute atomic E-state index is 12.3. The molecule has 0 fully saturated rings. The van der Waals surface area contributed by atoms with Crippen LogP contribution in [0.1, 0.15) is 16.1 Å². The molecular formula is C14H15N3O2S2. The van der Waals surface area contributed by atoms with E-state index in [1.165, 1.54) is 6.20 Å². The Kier molecular flexibility index (Phi) is 4.63. The Morgan fingerprint density at radius 1 is 1.38 bits per heavy atom. The largest absolute Gasteiger partial charge is 0.320 e. The van der Waals surface area contributed by atoms with Crippen LogP contribution in [-0.2, 0) is 10.0 Å². The summed E-state index contributed by atoms with van der Waals surface area (Å²) in [5, 5.41) is 0.703. The van der Waals surface area contributed by atoms with Crippen LogP contribution in [-0.4, -0.2) is 19.9 Å². The molecule has 0 bridgehead atoms. The third-order valence-corrected chi connectivity index (χ3v) is 5.42. The molecule has 0 amide bonds. The highest BCUT2D eigenvalue weighted by molar-refractivity contribution is 7.94. The monoisotopic (exact) mass is 321 g/mol. The van der Waals surface area contributed by atoms with E-state index < -0.39 is 10.0 Å². The van der Waals surface area contributed by atoms with Crippen molar-refractivity contribution in [3.63, 3.8) is 0 Å². The van der Waals surface area contributed by atoms with Gasteiger partial charge in [-0.3, -0.25) is 4.72 Å². The standard InChI is InChI=1S/C14H15N3O2S2/c1-10-5-6-12(4-3-7-15)8-13(10)17-21(18,19)14-9-16-11(2)20-14/h5-6,8-9,17H,7,15H2,1-2H3. The van der Waals surface area contributed by atoms with Crippen LogP contribution >= 0.6 is 11.3 Å². The van der Waals surface area contributed by atoms with Gasteiger partial charge in [0.25, 0.3) is 10.0 Å². The Morgan fingerprint density at radius 2 is 2.14 bits per heavy atom. The third-order valence-electron chi connectivity index (χ3n) is 2.68. The van der Waals surface area contributed by atoms with Crippen LogP contribution in [0, 0.1) is 25.7 Å². The molecule has 7 heteroatoms. The van der Waals surface area contributed by atoms with Crippen molar-refractivity contribution in [1.29, 1.82) is 0 Å². The van der Waals surface area contributed by atoms with Crippen LogP contribution in [0.15, 0.2) is 28.6 Å². The number of thiazole rings is 1. The van der Waals surface area contributed by atoms with Crippen molar-refractivity contribution in [2.75, 3.05) is 11.3 Å². The first-order valence-corrected chi connectivity index (χ1v) is 8.47. The molecule has 1 aromatic heterocycles. The van der Waals surface area contributed by atoms with E-state index in [9.17, 15) is 8.42 Å². The normalized spacial score (nSPS) is 10.8. The minimum atomic E-state index is -3.62. The summed E-state index contributed by atoms with van der Waals surface area (Å²) in [4.78, 5) is 3.97. The lowest BCUT2D eigenvalue weighted by Gasteiger charge is -2.09. The molecule has 0 radical (unpaired) electrons. The zero-order valence-electron chi connectivity index (χ0n) is 11.7. The van der Waals surface area contributed by atoms with Crippen molar-refractivity contribution < 1.29 is 8.42 Å². The van der Waals surface area contributed by atoms with Crippen LogP contribution < -0.4 is 10.5 Å². The first kappa shape index (κ1) is 15.5. The van der Waals surface area contributed by atoms with E-state index >= 15 is 0 Å². The van der Waals surface area contributed by atoms with Gasteiger partial charge >= 0.3 is 0 Å². The molecule has 2 aromatic rings. The number of aromatic nitrogens is 1. The van der Waals surface area contributed by atoms with Crippen molar-refractivity contribution in [3.05, 3.63) is 40.5 Å². The van der Waals surface area contributed by atoms with Gasteiger partial charge in [-0.05, 0) is 31.5 Å². The number of nitrogens with one attached hydrogen (secondary N) is 1. The fraction of sp³-hybridized carbons (Fsp3) is 0.214. The quantitative estimate of drug-likeness (QED) is 0.845. The van der Waals surface area contributed by atoms with Gasteiger partial charge in [0.15, 0.2) is 4.21 Å². The highest BCUT2D eigenvalue weighted by Gasteiger charge is 2.18. The fourth-order valence-corrected chi connectivity index (χ4v) is 3.85. The summed E-state index contributed by atoms with van der Waals surface area (Å²) >= 11 is 1.13. The number of anilines is 1. The zero-order chi connectivity index (χ0) is 15.5. The van der Waals surface area contributed by atoms with Gasteiger partial charge in [-0.2, -0.15) is 0 Å². The Bertz CT molecular complexity index is 814. The van der Waals surface area contributed by atoms with Gasteiger partial charge in [0.2, 0.25) is 0 Å². The molecule has 110 valence electrons. The first-order chi connectivity index (χ1) is 9.92. The number of rotatable bonds is 3. The zero-order valence-corrected chi connectivity index (χ0v) is 13.3. The van der Waals surface area contributed by atoms with Gasteiger partial charge in [-0.25, -0.2) is 13.4 Å². The minimum absolute atomic E-state index is 0.192. The van der Waals surface area contributed by atoms with E-state index in [4.69, 9.17) is 5.73 Å². The van der Waals surface area contributed by atoms with Gasteiger partial charge < -0.3 is 5.73 Å². The summed E-state index contributed by atoms with van der Waals surface area (Å²) in [6.45, 7) is 3.85. The van der Waals surface area contributed by atoms with Gasteiger partial charge in [0, 0.05) is 5.56 Å². The Balaban J connectivity index is 2.34. The molecule has 0 aliphatic carbocycles. The molecule has 5 nitrogen and oxygen atoms in total. The number of hydrogen-bond acceptors (Lipinski definition) is 5. The molecule has 0 aliphatic rings. The fourth-order valence-electron chi connectivity index (χ4n) is 1.62.